The number of aromatic nitrogens is 3. The van der Waals surface area contributed by atoms with Crippen molar-refractivity contribution in [1.29, 1.82) is 0 Å². The summed E-state index contributed by atoms with van der Waals surface area (Å²) in [6.45, 7) is 6.99. The average Bonchev–Trinajstić information content (AvgIpc) is 3.86. The van der Waals surface area contributed by atoms with E-state index in [4.69, 9.17) is 13.5 Å². The zero-order valence-corrected chi connectivity index (χ0v) is 35.4. The van der Waals surface area contributed by atoms with Crippen LogP contribution in [0.5, 0.6) is 0 Å². The standard InChI is InChI=1S/C41H33N2O.C12H9FN.Ir/c1-25(2)34-23-29(27-13-6-5-7-14-27)24-35(26(3)4)38(34)43-37-20-11-10-19-36(37)42-41(43)33-18-12-17-31-32-22-21-28-15-8-9-16-30(28)39(32)44-40(31)33;1-9-2-7-12(14-8-9)10-3-5-11(13)6-4-10;/h5-17,19-26H,1-4H3;2-3,5-8H,1H3;/q2*-1;/i;1D3;. The van der Waals surface area contributed by atoms with E-state index in [2.05, 4.69) is 159 Å². The number of furan rings is 1. The summed E-state index contributed by atoms with van der Waals surface area (Å²) < 4.78 is 43.5. The van der Waals surface area contributed by atoms with E-state index in [1.54, 1.807) is 12.1 Å². The number of benzene rings is 7. The zero-order valence-electron chi connectivity index (χ0n) is 36.0. The van der Waals surface area contributed by atoms with Gasteiger partial charge in [-0.1, -0.05) is 130 Å². The zero-order chi connectivity index (χ0) is 42.4. The minimum atomic E-state index is -2.15. The molecule has 0 aliphatic carbocycles. The molecule has 7 aromatic carbocycles. The normalized spacial score (nSPS) is 12.4. The quantitative estimate of drug-likeness (QED) is 0.156. The number of fused-ring (bicyclic) bond motifs is 6. The number of imidazole rings is 1. The number of rotatable bonds is 6. The van der Waals surface area contributed by atoms with Gasteiger partial charge in [0.05, 0.1) is 22.4 Å². The molecular formula is C53H42FIrN3O-2. The van der Waals surface area contributed by atoms with E-state index in [-0.39, 0.29) is 43.3 Å². The maximum absolute atomic E-state index is 12.7. The van der Waals surface area contributed by atoms with Crippen LogP contribution in [0.1, 0.15) is 60.3 Å². The summed E-state index contributed by atoms with van der Waals surface area (Å²) in [6.07, 6.45) is 1.31. The van der Waals surface area contributed by atoms with Gasteiger partial charge in [0.15, 0.2) is 0 Å². The molecule has 0 bridgehead atoms. The van der Waals surface area contributed by atoms with E-state index in [1.807, 2.05) is 6.07 Å². The van der Waals surface area contributed by atoms with Crippen LogP contribution < -0.4 is 0 Å². The number of halogens is 1. The average molecular weight is 951 g/mol. The number of para-hydroxylation sites is 2. The molecule has 0 saturated heterocycles. The maximum Gasteiger partial charge on any atom is 0.128 e. The van der Waals surface area contributed by atoms with Crippen molar-refractivity contribution in [2.24, 2.45) is 0 Å². The molecule has 0 spiro atoms. The number of pyridine rings is 1. The Bertz CT molecular complexity index is 3160. The molecule has 0 fully saturated rings. The van der Waals surface area contributed by atoms with E-state index in [0.29, 0.717) is 11.3 Å². The molecule has 0 amide bonds. The van der Waals surface area contributed by atoms with Crippen LogP contribution in [0.15, 0.2) is 156 Å². The van der Waals surface area contributed by atoms with E-state index >= 15 is 0 Å². The van der Waals surface area contributed by atoms with Crippen LogP contribution in [0.25, 0.3) is 83.2 Å². The Morgan fingerprint density at radius 1 is 0.695 bits per heavy atom. The van der Waals surface area contributed by atoms with Gasteiger partial charge >= 0.3 is 0 Å². The van der Waals surface area contributed by atoms with E-state index in [9.17, 15) is 4.39 Å². The number of aryl methyl sites for hydroxylation is 1. The third kappa shape index (κ3) is 7.51. The van der Waals surface area contributed by atoms with E-state index in [1.165, 1.54) is 57.7 Å². The Morgan fingerprint density at radius 3 is 2.14 bits per heavy atom. The van der Waals surface area contributed by atoms with Gasteiger partial charge in [0.25, 0.3) is 0 Å². The summed E-state index contributed by atoms with van der Waals surface area (Å²) in [5.41, 5.74) is 12.2. The molecule has 293 valence electrons. The molecule has 59 heavy (non-hydrogen) atoms. The maximum atomic E-state index is 12.7. The molecule has 10 rings (SSSR count). The second kappa shape index (κ2) is 16.6. The first kappa shape index (κ1) is 35.9. The van der Waals surface area contributed by atoms with Gasteiger partial charge < -0.3 is 14.0 Å². The van der Waals surface area contributed by atoms with Gasteiger partial charge in [0.1, 0.15) is 5.58 Å². The van der Waals surface area contributed by atoms with Gasteiger partial charge in [0.2, 0.25) is 0 Å². The van der Waals surface area contributed by atoms with Crippen molar-refractivity contribution in [3.63, 3.8) is 0 Å². The monoisotopic (exact) mass is 951 g/mol. The Kier molecular flexibility index (Phi) is 10.1. The second-order valence-corrected chi connectivity index (χ2v) is 15.2. The summed E-state index contributed by atoms with van der Waals surface area (Å²) in [6, 6.07) is 54.2. The van der Waals surface area contributed by atoms with Gasteiger partial charge in [0, 0.05) is 52.7 Å². The summed E-state index contributed by atoms with van der Waals surface area (Å²) in [7, 11) is 0. The van der Waals surface area contributed by atoms with Crippen LogP contribution in [0.3, 0.4) is 0 Å². The SMILES string of the molecule is CC(C)c1cc(-c2ccccc2)cc(C(C)C)c1-n1c(-c2[c-]ccc3c2oc2c4ccccc4ccc32)nc2ccccc21.[2H]C([2H])([2H])c1ccc(-c2[c-]cc(F)cc2)nc1.[Ir]. The van der Waals surface area contributed by atoms with Gasteiger partial charge in [-0.15, -0.1) is 48.0 Å². The van der Waals surface area contributed by atoms with Crippen molar-refractivity contribution in [3.05, 3.63) is 186 Å². The molecule has 3 heterocycles. The van der Waals surface area contributed by atoms with Crippen molar-refractivity contribution in [1.82, 2.24) is 14.5 Å². The van der Waals surface area contributed by atoms with Crippen molar-refractivity contribution < 1.29 is 33.0 Å². The van der Waals surface area contributed by atoms with E-state index in [0.717, 1.165) is 49.7 Å². The van der Waals surface area contributed by atoms with Crippen LogP contribution >= 0.6 is 0 Å². The summed E-state index contributed by atoms with van der Waals surface area (Å²) in [5.74, 6) is 1.05. The van der Waals surface area contributed by atoms with E-state index < -0.39 is 6.85 Å². The Morgan fingerprint density at radius 2 is 1.42 bits per heavy atom. The van der Waals surface area contributed by atoms with Gasteiger partial charge in [-0.3, -0.25) is 9.37 Å². The number of hydrogen-bond donors (Lipinski definition) is 0. The van der Waals surface area contributed by atoms with Crippen LogP contribution in [-0.4, -0.2) is 14.5 Å². The predicted molar refractivity (Wildman–Crippen MR) is 237 cm³/mol. The largest absolute Gasteiger partial charge is 0.500 e. The molecule has 0 aliphatic heterocycles. The first-order valence-corrected chi connectivity index (χ1v) is 19.6. The first-order valence-electron chi connectivity index (χ1n) is 21.1. The molecule has 0 N–H and O–H groups in total. The number of nitrogens with zero attached hydrogens (tertiary/aromatic N) is 3. The minimum Gasteiger partial charge on any atom is -0.500 e. The number of hydrogen-bond acceptors (Lipinski definition) is 3. The molecule has 0 saturated carbocycles. The van der Waals surface area contributed by atoms with Crippen LogP contribution in [-0.2, 0) is 20.1 Å². The van der Waals surface area contributed by atoms with Crippen LogP contribution in [0.4, 0.5) is 4.39 Å². The van der Waals surface area contributed by atoms with Crippen LogP contribution in [0.2, 0.25) is 0 Å². The smallest absolute Gasteiger partial charge is 0.128 e. The van der Waals surface area contributed by atoms with Crippen molar-refractivity contribution in [2.75, 3.05) is 0 Å². The fourth-order valence-corrected chi connectivity index (χ4v) is 7.79. The molecule has 1 radical (unpaired) electrons. The predicted octanol–water partition coefficient (Wildman–Crippen LogP) is 14.5. The topological polar surface area (TPSA) is 43.9 Å². The first-order chi connectivity index (χ1) is 29.5. The Labute approximate surface area is 362 Å². The molecular weight excluding hydrogens is 906 g/mol. The van der Waals surface area contributed by atoms with Gasteiger partial charge in [-0.25, -0.2) is 0 Å². The summed E-state index contributed by atoms with van der Waals surface area (Å²) in [4.78, 5) is 9.33. The fraction of sp³-hybridized carbons (Fsp3) is 0.132. The second-order valence-electron chi connectivity index (χ2n) is 15.2. The summed E-state index contributed by atoms with van der Waals surface area (Å²) in [5, 5.41) is 4.46. The molecule has 0 aliphatic rings. The van der Waals surface area contributed by atoms with Crippen molar-refractivity contribution in [3.8, 4) is 39.5 Å². The molecule has 6 heteroatoms. The molecule has 0 unspecified atom stereocenters. The van der Waals surface area contributed by atoms with Crippen molar-refractivity contribution in [2.45, 2.75) is 46.4 Å². The molecule has 10 aromatic rings. The minimum absolute atomic E-state index is 0. The van der Waals surface area contributed by atoms with Crippen LogP contribution in [0, 0.1) is 24.8 Å². The van der Waals surface area contributed by atoms with Crippen molar-refractivity contribution >= 4 is 43.7 Å². The molecule has 4 nitrogen and oxygen atoms in total. The molecule has 0 atom stereocenters. The Hall–Kier alpha value is -6.20. The fourth-order valence-electron chi connectivity index (χ4n) is 7.79. The third-order valence-electron chi connectivity index (χ3n) is 10.7. The summed E-state index contributed by atoms with van der Waals surface area (Å²) >= 11 is 0. The van der Waals surface area contributed by atoms with Gasteiger partial charge in [-0.2, -0.15) is 0 Å². The third-order valence-corrected chi connectivity index (χ3v) is 10.7. The van der Waals surface area contributed by atoms with Gasteiger partial charge in [-0.05, 0) is 81.9 Å². The molecule has 3 aromatic heterocycles. The Balaban J connectivity index is 0.000000248.